The smallest absolute Gasteiger partial charge is 0.342 e. The van der Waals surface area contributed by atoms with Gasteiger partial charge in [-0.25, -0.2) is 9.55 Å². The van der Waals surface area contributed by atoms with Gasteiger partial charge in [-0.1, -0.05) is 0 Å². The van der Waals surface area contributed by atoms with Crippen LogP contribution in [0.15, 0.2) is 6.20 Å². The van der Waals surface area contributed by atoms with Crippen molar-refractivity contribution in [3.63, 3.8) is 0 Å². The van der Waals surface area contributed by atoms with Crippen LogP contribution in [0, 0.1) is 17.0 Å². The van der Waals surface area contributed by atoms with Gasteiger partial charge in [0.1, 0.15) is 18.8 Å². The van der Waals surface area contributed by atoms with E-state index >= 15 is 0 Å². The Morgan fingerprint density at radius 3 is 2.79 bits per heavy atom. The molecule has 7 nitrogen and oxygen atoms in total. The normalized spacial score (nSPS) is 14.3. The molecule has 1 N–H and O–H groups in total. The van der Waals surface area contributed by atoms with Crippen molar-refractivity contribution in [2.24, 2.45) is 0 Å². The topological polar surface area (TPSA) is 90.4 Å². The zero-order chi connectivity index (χ0) is 14.4. The van der Waals surface area contributed by atoms with Crippen molar-refractivity contribution in [3.05, 3.63) is 22.1 Å². The second kappa shape index (κ2) is 7.64. The van der Waals surface area contributed by atoms with Crippen LogP contribution < -0.4 is 0 Å². The van der Waals surface area contributed by atoms with E-state index in [-0.39, 0.29) is 30.7 Å². The summed E-state index contributed by atoms with van der Waals surface area (Å²) < 4.78 is 6.79. The van der Waals surface area contributed by atoms with E-state index in [9.17, 15) is 15.2 Å². The molecule has 1 heterocycles. The Morgan fingerprint density at radius 2 is 2.26 bits per heavy atom. The van der Waals surface area contributed by atoms with Gasteiger partial charge < -0.3 is 20.0 Å². The molecule has 19 heavy (non-hydrogen) atoms. The second-order valence-electron chi connectivity index (χ2n) is 3.95. The van der Waals surface area contributed by atoms with Crippen LogP contribution in [0.2, 0.25) is 0 Å². The molecule has 2 unspecified atom stereocenters. The van der Waals surface area contributed by atoms with Crippen LogP contribution in [0.4, 0.5) is 5.82 Å². The number of aromatic nitrogens is 2. The number of aliphatic hydroxyl groups excluding tert-OH is 1. The van der Waals surface area contributed by atoms with E-state index < -0.39 is 17.1 Å². The van der Waals surface area contributed by atoms with E-state index in [1.165, 1.54) is 10.8 Å². The molecule has 0 bridgehead atoms. The Balaban J connectivity index is 2.70. The monoisotopic (exact) mass is 311 g/mol. The second-order valence-corrected chi connectivity index (χ2v) is 4.57. The summed E-state index contributed by atoms with van der Waals surface area (Å²) in [5, 5.41) is 20.1. The number of hydrogen-bond donors (Lipinski definition) is 1. The first kappa shape index (κ1) is 16.2. The van der Waals surface area contributed by atoms with Crippen LogP contribution >= 0.6 is 23.2 Å². The minimum absolute atomic E-state index is 0.0302. The van der Waals surface area contributed by atoms with Crippen molar-refractivity contribution >= 4 is 29.0 Å². The van der Waals surface area contributed by atoms with Crippen LogP contribution in [0.25, 0.3) is 0 Å². The summed E-state index contributed by atoms with van der Waals surface area (Å²) in [5.41, 5.74) is 0. The van der Waals surface area contributed by atoms with Crippen molar-refractivity contribution in [3.8, 4) is 0 Å². The molecule has 0 radical (unpaired) electrons. The maximum Gasteiger partial charge on any atom is 0.342 e. The van der Waals surface area contributed by atoms with Crippen LogP contribution in [0.3, 0.4) is 0 Å². The predicted molar refractivity (Wildman–Crippen MR) is 70.8 cm³/mol. The molecule has 2 atom stereocenters. The average Bonchev–Trinajstić information content (AvgIpc) is 2.75. The van der Waals surface area contributed by atoms with Crippen LogP contribution in [0.5, 0.6) is 0 Å². The van der Waals surface area contributed by atoms with Gasteiger partial charge in [-0.15, -0.1) is 23.2 Å². The zero-order valence-electron chi connectivity index (χ0n) is 10.3. The summed E-state index contributed by atoms with van der Waals surface area (Å²) in [5.74, 6) is 0.584. The molecule has 0 saturated heterocycles. The molecule has 1 aromatic heterocycles. The van der Waals surface area contributed by atoms with Crippen molar-refractivity contribution in [2.75, 3.05) is 18.4 Å². The molecular weight excluding hydrogens is 297 g/mol. The lowest BCUT2D eigenvalue weighted by Crippen LogP contribution is -2.28. The van der Waals surface area contributed by atoms with E-state index in [2.05, 4.69) is 4.98 Å². The maximum absolute atomic E-state index is 10.8. The van der Waals surface area contributed by atoms with Gasteiger partial charge in [0.25, 0.3) is 0 Å². The highest BCUT2D eigenvalue weighted by molar-refractivity contribution is 6.18. The van der Waals surface area contributed by atoms with E-state index in [1.807, 2.05) is 0 Å². The van der Waals surface area contributed by atoms with Gasteiger partial charge >= 0.3 is 5.82 Å². The predicted octanol–water partition coefficient (Wildman–Crippen LogP) is 1.32. The summed E-state index contributed by atoms with van der Waals surface area (Å²) in [6.45, 7) is 1.88. The number of nitrogens with zero attached hydrogens (tertiary/aromatic N) is 3. The summed E-state index contributed by atoms with van der Waals surface area (Å²) in [6.07, 6.45) is -0.0637. The first-order valence-corrected chi connectivity index (χ1v) is 6.64. The van der Waals surface area contributed by atoms with E-state index in [4.69, 9.17) is 27.9 Å². The third-order valence-corrected chi connectivity index (χ3v) is 3.18. The van der Waals surface area contributed by atoms with Gasteiger partial charge in [0.05, 0.1) is 24.5 Å². The Kier molecular flexibility index (Phi) is 6.50. The van der Waals surface area contributed by atoms with E-state index in [0.29, 0.717) is 5.82 Å². The Morgan fingerprint density at radius 1 is 1.58 bits per heavy atom. The zero-order valence-corrected chi connectivity index (χ0v) is 11.8. The van der Waals surface area contributed by atoms with Crippen molar-refractivity contribution in [1.82, 2.24) is 9.55 Å². The molecule has 0 aliphatic carbocycles. The van der Waals surface area contributed by atoms with Gasteiger partial charge in [-0.3, -0.25) is 0 Å². The highest BCUT2D eigenvalue weighted by Gasteiger charge is 2.22. The highest BCUT2D eigenvalue weighted by atomic mass is 35.5. The quantitative estimate of drug-likeness (QED) is 0.444. The number of aryl methyl sites for hydroxylation is 1. The summed E-state index contributed by atoms with van der Waals surface area (Å²) in [7, 11) is 0. The number of rotatable bonds is 8. The SMILES string of the molecule is Cc1ncc([N+](=O)[O-])n1CC(CCl)OCC(O)CCl. The molecule has 0 aliphatic heterocycles. The van der Waals surface area contributed by atoms with Crippen LogP contribution in [0.1, 0.15) is 5.82 Å². The Hall–Kier alpha value is -0.890. The van der Waals surface area contributed by atoms with Crippen LogP contribution in [-0.4, -0.2) is 50.2 Å². The minimum atomic E-state index is -0.786. The van der Waals surface area contributed by atoms with E-state index in [0.717, 1.165) is 0 Å². The number of ether oxygens (including phenoxy) is 1. The lowest BCUT2D eigenvalue weighted by molar-refractivity contribution is -0.392. The molecule has 1 rings (SSSR count). The average molecular weight is 312 g/mol. The number of alkyl halides is 2. The van der Waals surface area contributed by atoms with Crippen molar-refractivity contribution in [2.45, 2.75) is 25.7 Å². The number of nitro groups is 1. The molecule has 0 aromatic carbocycles. The fourth-order valence-corrected chi connectivity index (χ4v) is 1.74. The van der Waals surface area contributed by atoms with Gasteiger partial charge in [-0.2, -0.15) is 0 Å². The summed E-state index contributed by atoms with van der Waals surface area (Å²) in [4.78, 5) is 14.2. The first-order chi connectivity index (χ1) is 8.99. The molecule has 9 heteroatoms. The first-order valence-electron chi connectivity index (χ1n) is 5.57. The summed E-state index contributed by atoms with van der Waals surface area (Å²) in [6, 6.07) is 0. The van der Waals surface area contributed by atoms with Gasteiger partial charge in [0.15, 0.2) is 5.82 Å². The highest BCUT2D eigenvalue weighted by Crippen LogP contribution is 2.15. The largest absolute Gasteiger partial charge is 0.389 e. The Bertz CT molecular complexity index is 427. The van der Waals surface area contributed by atoms with Crippen LogP contribution in [-0.2, 0) is 11.3 Å². The number of aliphatic hydroxyl groups is 1. The molecular formula is C10H15Cl2N3O4. The Labute approximate surface area is 120 Å². The molecule has 0 aliphatic rings. The minimum Gasteiger partial charge on any atom is -0.389 e. The lowest BCUT2D eigenvalue weighted by Gasteiger charge is -2.16. The maximum atomic E-state index is 10.8. The third kappa shape index (κ3) is 4.61. The van der Waals surface area contributed by atoms with Crippen molar-refractivity contribution in [1.29, 1.82) is 0 Å². The lowest BCUT2D eigenvalue weighted by atomic mass is 10.3. The molecule has 0 saturated carbocycles. The van der Waals surface area contributed by atoms with E-state index in [1.54, 1.807) is 6.92 Å². The number of imidazole rings is 1. The third-order valence-electron chi connectivity index (χ3n) is 2.48. The van der Waals surface area contributed by atoms with Gasteiger partial charge in [0.2, 0.25) is 0 Å². The van der Waals surface area contributed by atoms with Gasteiger partial charge in [-0.05, 0) is 4.92 Å². The van der Waals surface area contributed by atoms with Gasteiger partial charge in [0, 0.05) is 6.92 Å². The summed E-state index contributed by atoms with van der Waals surface area (Å²) >= 11 is 11.2. The molecule has 0 spiro atoms. The molecule has 0 fully saturated rings. The molecule has 108 valence electrons. The standard InChI is InChI=1S/C10H15Cl2N3O4/c1-7-13-4-10(15(17)18)14(7)5-9(3-12)19-6-8(16)2-11/h4,8-9,16H,2-3,5-6H2,1H3. The molecule has 1 aromatic rings. The molecule has 0 amide bonds. The fourth-order valence-electron chi connectivity index (χ4n) is 1.47. The number of halogens is 2. The van der Waals surface area contributed by atoms with Crippen molar-refractivity contribution < 1.29 is 14.8 Å². The fraction of sp³-hybridized carbons (Fsp3) is 0.700. The number of hydrogen-bond acceptors (Lipinski definition) is 5.